The molecule has 0 radical (unpaired) electrons. The first-order valence-electron chi connectivity index (χ1n) is 9.75. The molecule has 29 heavy (non-hydrogen) atoms. The summed E-state index contributed by atoms with van der Waals surface area (Å²) in [7, 11) is 0. The molecule has 0 aliphatic rings. The molecule has 0 amide bonds. The van der Waals surface area contributed by atoms with Crippen LogP contribution in [0.1, 0.15) is 51.4 Å². The van der Waals surface area contributed by atoms with Gasteiger partial charge < -0.3 is 15.8 Å². The quantitative estimate of drug-likeness (QED) is 0.450. The number of nitrogens with one attached hydrogen (secondary N) is 1. The van der Waals surface area contributed by atoms with Crippen LogP contribution in [-0.4, -0.2) is 21.3 Å². The molecule has 0 saturated carbocycles. The highest BCUT2D eigenvalue weighted by Gasteiger charge is 2.19. The first-order chi connectivity index (χ1) is 13.6. The number of nitrogens with two attached hydrogens (primary N) is 1. The van der Waals surface area contributed by atoms with Crippen molar-refractivity contribution in [1.82, 2.24) is 9.97 Å². The summed E-state index contributed by atoms with van der Waals surface area (Å²) < 4.78 is 0. The van der Waals surface area contributed by atoms with Crippen molar-refractivity contribution in [2.45, 2.75) is 46.5 Å². The van der Waals surface area contributed by atoms with Crippen LogP contribution < -0.4 is 11.3 Å². The van der Waals surface area contributed by atoms with Crippen molar-refractivity contribution >= 4 is 28.6 Å². The fourth-order valence-electron chi connectivity index (χ4n) is 3.22. The zero-order valence-corrected chi connectivity index (χ0v) is 17.6. The number of fused-ring (bicyclic) bond motifs is 1. The molecule has 4 N–H and O–H groups in total. The minimum absolute atomic E-state index is 0.182. The molecule has 2 aromatic carbocycles. The fourth-order valence-corrected chi connectivity index (χ4v) is 3.22. The minimum atomic E-state index is -0.189. The van der Waals surface area contributed by atoms with E-state index in [-0.39, 0.29) is 16.7 Å². The Kier molecular flexibility index (Phi) is 5.46. The molecule has 6 nitrogen and oxygen atoms in total. The Morgan fingerprint density at radius 1 is 1.28 bits per heavy atom. The van der Waals surface area contributed by atoms with Crippen LogP contribution in [0.3, 0.4) is 0 Å². The molecule has 0 aliphatic heterocycles. The molecule has 1 heterocycles. The number of benzene rings is 2. The normalized spacial score (nSPS) is 12.3. The lowest BCUT2D eigenvalue weighted by atomic mass is 9.85. The molecule has 0 bridgehead atoms. The maximum absolute atomic E-state index is 12.2. The summed E-state index contributed by atoms with van der Waals surface area (Å²) in [6, 6.07) is 9.04. The molecule has 152 valence electrons. The molecule has 0 fully saturated rings. The van der Waals surface area contributed by atoms with E-state index >= 15 is 0 Å². The molecular weight excluding hydrogens is 364 g/mol. The molecule has 0 saturated heterocycles. The summed E-state index contributed by atoms with van der Waals surface area (Å²) in [5.41, 5.74) is 9.91. The number of rotatable bonds is 4. The summed E-state index contributed by atoms with van der Waals surface area (Å²) in [6.45, 7) is 10.2. The van der Waals surface area contributed by atoms with E-state index in [1.807, 2.05) is 52.8 Å². The maximum atomic E-state index is 12.2. The number of hydrogen-bond donors (Lipinski definition) is 3. The van der Waals surface area contributed by atoms with Crippen molar-refractivity contribution < 1.29 is 5.11 Å². The van der Waals surface area contributed by atoms with Gasteiger partial charge in [-0.3, -0.25) is 9.79 Å². The standard InChI is InChI=1S/C23H28N4O2/c1-13(2)9-20-22(29)27-18-10-16(24)17(11-19(18)26-20)25-12-14-7-6-8-15(21(14)28)23(3,4)5/h6-8,10-13,28H,9,24H2,1-5H3,(H,27,29). The van der Waals surface area contributed by atoms with E-state index in [2.05, 4.69) is 15.0 Å². The van der Waals surface area contributed by atoms with Gasteiger partial charge in [-0.15, -0.1) is 0 Å². The molecule has 3 aromatic rings. The fraction of sp³-hybridized carbons (Fsp3) is 0.348. The van der Waals surface area contributed by atoms with Gasteiger partial charge in [-0.1, -0.05) is 46.8 Å². The lowest BCUT2D eigenvalue weighted by Gasteiger charge is -2.21. The Hall–Kier alpha value is -3.15. The number of nitrogens with zero attached hydrogens (tertiary/aromatic N) is 2. The number of phenolic OH excluding ortho intramolecular Hbond substituents is 1. The third-order valence-corrected chi connectivity index (χ3v) is 4.73. The van der Waals surface area contributed by atoms with E-state index in [4.69, 9.17) is 5.73 Å². The average molecular weight is 393 g/mol. The van der Waals surface area contributed by atoms with Crippen LogP contribution in [0.4, 0.5) is 11.4 Å². The Balaban J connectivity index is 2.03. The Labute approximate surface area is 170 Å². The highest BCUT2D eigenvalue weighted by molar-refractivity contribution is 5.91. The van der Waals surface area contributed by atoms with E-state index in [0.717, 1.165) is 5.56 Å². The molecule has 0 aliphatic carbocycles. The lowest BCUT2D eigenvalue weighted by Crippen LogP contribution is -2.17. The zero-order valence-electron chi connectivity index (χ0n) is 17.6. The second-order valence-electron chi connectivity index (χ2n) is 8.79. The van der Waals surface area contributed by atoms with Crippen molar-refractivity contribution in [3.63, 3.8) is 0 Å². The van der Waals surface area contributed by atoms with Crippen LogP contribution in [0.5, 0.6) is 5.75 Å². The van der Waals surface area contributed by atoms with Crippen molar-refractivity contribution in [2.75, 3.05) is 5.73 Å². The third kappa shape index (κ3) is 4.47. The van der Waals surface area contributed by atoms with Gasteiger partial charge >= 0.3 is 0 Å². The molecule has 3 rings (SSSR count). The Bertz CT molecular complexity index is 1140. The van der Waals surface area contributed by atoms with Crippen LogP contribution in [0.2, 0.25) is 0 Å². The molecule has 6 heteroatoms. The van der Waals surface area contributed by atoms with Crippen LogP contribution in [0, 0.1) is 5.92 Å². The van der Waals surface area contributed by atoms with Crippen LogP contribution in [0.15, 0.2) is 40.1 Å². The number of aromatic nitrogens is 2. The Morgan fingerprint density at radius 2 is 2.00 bits per heavy atom. The van der Waals surface area contributed by atoms with Gasteiger partial charge in [0.05, 0.1) is 22.4 Å². The van der Waals surface area contributed by atoms with E-state index in [1.54, 1.807) is 18.3 Å². The number of aromatic hydroxyl groups is 1. The average Bonchev–Trinajstić information content (AvgIpc) is 2.61. The van der Waals surface area contributed by atoms with Gasteiger partial charge in [0, 0.05) is 11.8 Å². The second kappa shape index (κ2) is 7.70. The van der Waals surface area contributed by atoms with Crippen molar-refractivity contribution in [3.8, 4) is 5.75 Å². The lowest BCUT2D eigenvalue weighted by molar-refractivity contribution is 0.446. The number of hydrogen-bond acceptors (Lipinski definition) is 5. The van der Waals surface area contributed by atoms with Gasteiger partial charge in [0.25, 0.3) is 5.56 Å². The number of anilines is 1. The number of para-hydroxylation sites is 1. The van der Waals surface area contributed by atoms with E-state index < -0.39 is 0 Å². The maximum Gasteiger partial charge on any atom is 0.270 e. The smallest absolute Gasteiger partial charge is 0.270 e. The number of phenols is 1. The number of aromatic amines is 1. The summed E-state index contributed by atoms with van der Waals surface area (Å²) in [6.07, 6.45) is 2.20. The number of nitrogen functional groups attached to an aromatic ring is 1. The predicted molar refractivity (Wildman–Crippen MR) is 119 cm³/mol. The summed E-state index contributed by atoms with van der Waals surface area (Å²) in [4.78, 5) is 24.1. The third-order valence-electron chi connectivity index (χ3n) is 4.73. The van der Waals surface area contributed by atoms with Gasteiger partial charge in [-0.2, -0.15) is 0 Å². The summed E-state index contributed by atoms with van der Waals surface area (Å²) >= 11 is 0. The van der Waals surface area contributed by atoms with Gasteiger partial charge in [0.15, 0.2) is 0 Å². The van der Waals surface area contributed by atoms with Gasteiger partial charge in [0.2, 0.25) is 0 Å². The first kappa shape index (κ1) is 20.6. The molecule has 1 aromatic heterocycles. The van der Waals surface area contributed by atoms with E-state index in [9.17, 15) is 9.90 Å². The van der Waals surface area contributed by atoms with Gasteiger partial charge in [0.1, 0.15) is 11.4 Å². The molecule has 0 atom stereocenters. The van der Waals surface area contributed by atoms with E-state index in [0.29, 0.717) is 46.0 Å². The SMILES string of the molecule is CC(C)Cc1nc2cc(N=Cc3cccc(C(C)(C)C)c3O)c(N)cc2[nH]c1=O. The molecular formula is C23H28N4O2. The van der Waals surface area contributed by atoms with Crippen LogP contribution >= 0.6 is 0 Å². The van der Waals surface area contributed by atoms with Gasteiger partial charge in [-0.05, 0) is 41.5 Å². The largest absolute Gasteiger partial charge is 0.507 e. The number of H-pyrrole nitrogens is 1. The van der Waals surface area contributed by atoms with Crippen molar-refractivity contribution in [3.05, 3.63) is 57.5 Å². The molecule has 0 spiro atoms. The van der Waals surface area contributed by atoms with Crippen LogP contribution in [0.25, 0.3) is 11.0 Å². The van der Waals surface area contributed by atoms with Crippen molar-refractivity contribution in [1.29, 1.82) is 0 Å². The minimum Gasteiger partial charge on any atom is -0.507 e. The topological polar surface area (TPSA) is 104 Å². The Morgan fingerprint density at radius 3 is 2.66 bits per heavy atom. The summed E-state index contributed by atoms with van der Waals surface area (Å²) in [5.74, 6) is 0.537. The first-order valence-corrected chi connectivity index (χ1v) is 9.75. The number of aliphatic imine (C=N–C) groups is 1. The zero-order chi connectivity index (χ0) is 21.3. The second-order valence-corrected chi connectivity index (χ2v) is 8.79. The predicted octanol–water partition coefficient (Wildman–Crippen LogP) is 4.46. The highest BCUT2D eigenvalue weighted by atomic mass is 16.3. The van der Waals surface area contributed by atoms with E-state index in [1.165, 1.54) is 0 Å². The van der Waals surface area contributed by atoms with Gasteiger partial charge in [-0.25, -0.2) is 4.98 Å². The molecule has 0 unspecified atom stereocenters. The summed E-state index contributed by atoms with van der Waals surface area (Å²) in [5, 5.41) is 10.6. The highest BCUT2D eigenvalue weighted by Crippen LogP contribution is 2.33. The van der Waals surface area contributed by atoms with Crippen LogP contribution in [-0.2, 0) is 11.8 Å². The van der Waals surface area contributed by atoms with Crippen molar-refractivity contribution in [2.24, 2.45) is 10.9 Å². The monoisotopic (exact) mass is 392 g/mol.